The van der Waals surface area contributed by atoms with E-state index in [0.29, 0.717) is 23.6 Å². The molecule has 2 aromatic rings. The van der Waals surface area contributed by atoms with Gasteiger partial charge in [0.05, 0.1) is 12.2 Å². The number of carbonyl (C=O) groups excluding carboxylic acids is 2. The molecule has 0 aliphatic heterocycles. The highest BCUT2D eigenvalue weighted by Crippen LogP contribution is 2.32. The van der Waals surface area contributed by atoms with Crippen LogP contribution in [0.4, 0.5) is 5.69 Å². The Morgan fingerprint density at radius 2 is 1.68 bits per heavy atom. The summed E-state index contributed by atoms with van der Waals surface area (Å²) in [7, 11) is 0. The summed E-state index contributed by atoms with van der Waals surface area (Å²) in [5, 5.41) is 2.80. The second kappa shape index (κ2) is 11.5. The highest BCUT2D eigenvalue weighted by Gasteiger charge is 2.19. The van der Waals surface area contributed by atoms with Crippen molar-refractivity contribution in [2.24, 2.45) is 0 Å². The van der Waals surface area contributed by atoms with Crippen LogP contribution in [-0.4, -0.2) is 25.1 Å². The predicted molar refractivity (Wildman–Crippen MR) is 125 cm³/mol. The van der Waals surface area contributed by atoms with E-state index in [4.69, 9.17) is 9.47 Å². The summed E-state index contributed by atoms with van der Waals surface area (Å²) >= 11 is 0. The molecule has 0 atom stereocenters. The Morgan fingerprint density at radius 1 is 0.968 bits per heavy atom. The minimum absolute atomic E-state index is 0.0850. The fraction of sp³-hybridized carbons (Fsp3) is 0.462. The van der Waals surface area contributed by atoms with Crippen LogP contribution in [0.15, 0.2) is 42.5 Å². The van der Waals surface area contributed by atoms with E-state index in [1.165, 1.54) is 0 Å². The fourth-order valence-corrected chi connectivity index (χ4v) is 3.16. The monoisotopic (exact) mass is 425 g/mol. The van der Waals surface area contributed by atoms with Crippen molar-refractivity contribution in [3.8, 4) is 5.75 Å². The third-order valence-corrected chi connectivity index (χ3v) is 4.94. The van der Waals surface area contributed by atoms with Crippen LogP contribution >= 0.6 is 0 Å². The Labute approximate surface area is 186 Å². The molecule has 1 N–H and O–H groups in total. The van der Waals surface area contributed by atoms with E-state index in [0.717, 1.165) is 36.8 Å². The molecule has 0 radical (unpaired) electrons. The molecule has 0 aromatic heterocycles. The van der Waals surface area contributed by atoms with E-state index >= 15 is 0 Å². The molecule has 0 aliphatic rings. The number of nitrogens with one attached hydrogen (secondary N) is 1. The quantitative estimate of drug-likeness (QED) is 0.372. The Bertz CT molecular complexity index is 866. The summed E-state index contributed by atoms with van der Waals surface area (Å²) in [6, 6.07) is 12.7. The van der Waals surface area contributed by atoms with Crippen molar-refractivity contribution in [1.82, 2.24) is 0 Å². The number of ether oxygens (including phenoxy) is 2. The Hall–Kier alpha value is -2.82. The lowest BCUT2D eigenvalue weighted by Crippen LogP contribution is -2.22. The molecule has 168 valence electrons. The molecule has 0 unspecified atom stereocenters. The van der Waals surface area contributed by atoms with Gasteiger partial charge in [-0.05, 0) is 54.7 Å². The lowest BCUT2D eigenvalue weighted by Gasteiger charge is -2.23. The number of hydrogen-bond acceptors (Lipinski definition) is 4. The first kappa shape index (κ1) is 24.4. The van der Waals surface area contributed by atoms with E-state index in [-0.39, 0.29) is 23.9 Å². The average molecular weight is 426 g/mol. The van der Waals surface area contributed by atoms with Gasteiger partial charge in [0.2, 0.25) is 0 Å². The molecule has 1 amide bonds. The third-order valence-electron chi connectivity index (χ3n) is 4.94. The number of benzene rings is 2. The van der Waals surface area contributed by atoms with Gasteiger partial charge in [-0.15, -0.1) is 0 Å². The van der Waals surface area contributed by atoms with E-state index < -0.39 is 0 Å². The zero-order valence-corrected chi connectivity index (χ0v) is 19.4. The first-order valence-electron chi connectivity index (χ1n) is 11.0. The van der Waals surface area contributed by atoms with Crippen LogP contribution in [-0.2, 0) is 14.9 Å². The first-order valence-corrected chi connectivity index (χ1v) is 11.0. The maximum atomic E-state index is 12.3. The smallest absolute Gasteiger partial charge is 0.338 e. The summed E-state index contributed by atoms with van der Waals surface area (Å²) in [4.78, 5) is 24.4. The summed E-state index contributed by atoms with van der Waals surface area (Å²) in [6.07, 6.45) is 4.24. The molecule has 5 heteroatoms. The molecule has 0 aliphatic carbocycles. The SMILES string of the molecule is CCCCCCOC(=O)c1ccc(NC(=O)COc2ccc(C)cc2C(C)(C)C)cc1. The van der Waals surface area contributed by atoms with Crippen molar-refractivity contribution in [2.75, 3.05) is 18.5 Å². The second-order valence-corrected chi connectivity index (χ2v) is 8.86. The number of rotatable bonds is 10. The summed E-state index contributed by atoms with van der Waals surface area (Å²) < 4.78 is 11.1. The maximum absolute atomic E-state index is 12.3. The number of esters is 1. The molecule has 0 spiro atoms. The lowest BCUT2D eigenvalue weighted by molar-refractivity contribution is -0.118. The van der Waals surface area contributed by atoms with Gasteiger partial charge >= 0.3 is 5.97 Å². The third kappa shape index (κ3) is 8.08. The second-order valence-electron chi connectivity index (χ2n) is 8.86. The number of unbranched alkanes of at least 4 members (excludes halogenated alkanes) is 3. The number of hydrogen-bond donors (Lipinski definition) is 1. The van der Waals surface area contributed by atoms with Crippen LogP contribution in [0, 0.1) is 6.92 Å². The zero-order valence-electron chi connectivity index (χ0n) is 19.4. The van der Waals surface area contributed by atoms with Crippen molar-refractivity contribution >= 4 is 17.6 Å². The molecule has 5 nitrogen and oxygen atoms in total. The van der Waals surface area contributed by atoms with Crippen LogP contribution in [0.2, 0.25) is 0 Å². The minimum Gasteiger partial charge on any atom is -0.483 e. The number of anilines is 1. The lowest BCUT2D eigenvalue weighted by atomic mass is 9.85. The van der Waals surface area contributed by atoms with Gasteiger partial charge in [-0.25, -0.2) is 4.79 Å². The van der Waals surface area contributed by atoms with E-state index in [2.05, 4.69) is 39.1 Å². The van der Waals surface area contributed by atoms with Crippen LogP contribution < -0.4 is 10.1 Å². The van der Waals surface area contributed by atoms with Gasteiger partial charge in [0.1, 0.15) is 5.75 Å². The molecular weight excluding hydrogens is 390 g/mol. The van der Waals surface area contributed by atoms with E-state index in [1.807, 2.05) is 19.1 Å². The van der Waals surface area contributed by atoms with Crippen LogP contribution in [0.25, 0.3) is 0 Å². The summed E-state index contributed by atoms with van der Waals surface area (Å²) in [5.41, 5.74) is 3.21. The molecule has 31 heavy (non-hydrogen) atoms. The number of aryl methyl sites for hydroxylation is 1. The average Bonchev–Trinajstić information content (AvgIpc) is 2.72. The van der Waals surface area contributed by atoms with Gasteiger partial charge in [0.15, 0.2) is 6.61 Å². The van der Waals surface area contributed by atoms with Gasteiger partial charge < -0.3 is 14.8 Å². The normalized spacial score (nSPS) is 11.1. The maximum Gasteiger partial charge on any atom is 0.338 e. The van der Waals surface area contributed by atoms with Gasteiger partial charge in [-0.1, -0.05) is 64.7 Å². The Balaban J connectivity index is 1.86. The standard InChI is InChI=1S/C26H35NO4/c1-6-7-8-9-16-30-25(29)20-11-13-21(14-12-20)27-24(28)18-31-23-15-10-19(2)17-22(23)26(3,4)5/h10-15,17H,6-9,16,18H2,1-5H3,(H,27,28). The largest absolute Gasteiger partial charge is 0.483 e. The van der Waals surface area contributed by atoms with Crippen LogP contribution in [0.1, 0.15) is 74.9 Å². The first-order chi connectivity index (χ1) is 14.7. The fourth-order valence-electron chi connectivity index (χ4n) is 3.16. The van der Waals surface area contributed by atoms with E-state index in [9.17, 15) is 9.59 Å². The molecule has 0 heterocycles. The van der Waals surface area contributed by atoms with Crippen molar-refractivity contribution in [1.29, 1.82) is 0 Å². The Morgan fingerprint density at radius 3 is 2.32 bits per heavy atom. The van der Waals surface area contributed by atoms with Gasteiger partial charge in [-0.3, -0.25) is 4.79 Å². The summed E-state index contributed by atoms with van der Waals surface area (Å²) in [6.45, 7) is 10.9. The number of carbonyl (C=O) groups is 2. The van der Waals surface area contributed by atoms with Gasteiger partial charge in [0.25, 0.3) is 5.91 Å². The molecule has 2 rings (SSSR count). The van der Waals surface area contributed by atoms with Crippen LogP contribution in [0.5, 0.6) is 5.75 Å². The number of amides is 1. The topological polar surface area (TPSA) is 64.6 Å². The molecule has 2 aromatic carbocycles. The molecule has 0 saturated carbocycles. The molecule has 0 saturated heterocycles. The predicted octanol–water partition coefficient (Wildman–Crippen LogP) is 6.05. The van der Waals surface area contributed by atoms with Crippen molar-refractivity contribution in [3.63, 3.8) is 0 Å². The Kier molecular flexibility index (Phi) is 9.10. The van der Waals surface area contributed by atoms with E-state index in [1.54, 1.807) is 24.3 Å². The molecule has 0 bridgehead atoms. The summed E-state index contributed by atoms with van der Waals surface area (Å²) in [5.74, 6) is 0.115. The van der Waals surface area contributed by atoms with Crippen molar-refractivity contribution in [3.05, 3.63) is 59.2 Å². The van der Waals surface area contributed by atoms with Crippen molar-refractivity contribution in [2.45, 2.75) is 65.7 Å². The van der Waals surface area contributed by atoms with Gasteiger partial charge in [-0.2, -0.15) is 0 Å². The minimum atomic E-state index is -0.341. The highest BCUT2D eigenvalue weighted by molar-refractivity contribution is 5.93. The molecule has 0 fully saturated rings. The zero-order chi connectivity index (χ0) is 22.9. The van der Waals surface area contributed by atoms with Crippen LogP contribution in [0.3, 0.4) is 0 Å². The molecular formula is C26H35NO4. The van der Waals surface area contributed by atoms with Crippen molar-refractivity contribution < 1.29 is 19.1 Å². The highest BCUT2D eigenvalue weighted by atomic mass is 16.5. The van der Waals surface area contributed by atoms with Gasteiger partial charge in [0, 0.05) is 5.69 Å².